The van der Waals surface area contributed by atoms with Gasteiger partial charge in [-0.25, -0.2) is 4.98 Å². The maximum absolute atomic E-state index is 12.8. The molecule has 1 aliphatic rings. The summed E-state index contributed by atoms with van der Waals surface area (Å²) in [6, 6.07) is 2.75. The van der Waals surface area contributed by atoms with Crippen LogP contribution in [0.4, 0.5) is 19.0 Å². The molecule has 3 nitrogen and oxygen atoms in total. The summed E-state index contributed by atoms with van der Waals surface area (Å²) >= 11 is 0. The van der Waals surface area contributed by atoms with Crippen LogP contribution in [0.1, 0.15) is 38.7 Å². The molecule has 0 bridgehead atoms. The zero-order valence-electron chi connectivity index (χ0n) is 12.5. The molecule has 0 aliphatic carbocycles. The van der Waals surface area contributed by atoms with Gasteiger partial charge in [-0.3, -0.25) is 0 Å². The van der Waals surface area contributed by atoms with Crippen LogP contribution in [0.3, 0.4) is 0 Å². The monoisotopic (exact) mass is 301 g/mol. The molecule has 1 N–H and O–H groups in total. The number of nitrogens with one attached hydrogen (secondary N) is 1. The molecule has 1 aromatic rings. The number of piperidine rings is 1. The molecule has 1 aromatic heterocycles. The second kappa shape index (κ2) is 6.64. The third-order valence-corrected chi connectivity index (χ3v) is 3.76. The van der Waals surface area contributed by atoms with Crippen LogP contribution in [0.2, 0.25) is 0 Å². The minimum absolute atomic E-state index is 0.206. The lowest BCUT2D eigenvalue weighted by Crippen LogP contribution is -2.47. The Hall–Kier alpha value is -1.30. The van der Waals surface area contributed by atoms with Gasteiger partial charge in [-0.15, -0.1) is 0 Å². The second-order valence-corrected chi connectivity index (χ2v) is 5.81. The third kappa shape index (κ3) is 4.33. The minimum atomic E-state index is -4.32. The summed E-state index contributed by atoms with van der Waals surface area (Å²) in [7, 11) is 0. The molecule has 1 aliphatic heterocycles. The predicted octanol–water partition coefficient (Wildman–Crippen LogP) is 3.46. The molecule has 1 saturated heterocycles. The van der Waals surface area contributed by atoms with E-state index < -0.39 is 11.7 Å². The summed E-state index contributed by atoms with van der Waals surface area (Å²) in [6.07, 6.45) is 0.0203. The van der Waals surface area contributed by atoms with Gasteiger partial charge >= 0.3 is 6.18 Å². The van der Waals surface area contributed by atoms with E-state index in [0.29, 0.717) is 11.9 Å². The topological polar surface area (TPSA) is 28.2 Å². The first kappa shape index (κ1) is 16.1. The Morgan fingerprint density at radius 1 is 1.38 bits per heavy atom. The first-order chi connectivity index (χ1) is 9.88. The van der Waals surface area contributed by atoms with Crippen molar-refractivity contribution < 1.29 is 13.2 Å². The molecule has 21 heavy (non-hydrogen) atoms. The zero-order chi connectivity index (χ0) is 15.5. The number of aromatic nitrogens is 1. The molecule has 0 amide bonds. The number of pyridine rings is 1. The Morgan fingerprint density at radius 2 is 2.14 bits per heavy atom. The van der Waals surface area contributed by atoms with Crippen LogP contribution < -0.4 is 10.2 Å². The van der Waals surface area contributed by atoms with E-state index in [2.05, 4.69) is 24.1 Å². The Kier molecular flexibility index (Phi) is 5.08. The van der Waals surface area contributed by atoms with Crippen molar-refractivity contribution in [2.75, 3.05) is 18.0 Å². The Morgan fingerprint density at radius 3 is 2.81 bits per heavy atom. The summed E-state index contributed by atoms with van der Waals surface area (Å²) in [5.41, 5.74) is -0.631. The van der Waals surface area contributed by atoms with Crippen molar-refractivity contribution in [3.05, 3.63) is 23.9 Å². The number of anilines is 1. The van der Waals surface area contributed by atoms with Crippen molar-refractivity contribution in [3.63, 3.8) is 0 Å². The molecule has 1 atom stereocenters. The smallest absolute Gasteiger partial charge is 0.352 e. The average molecular weight is 301 g/mol. The van der Waals surface area contributed by atoms with Gasteiger partial charge in [0.1, 0.15) is 5.82 Å². The summed E-state index contributed by atoms with van der Waals surface area (Å²) < 4.78 is 38.5. The first-order valence-electron chi connectivity index (χ1n) is 7.41. The summed E-state index contributed by atoms with van der Waals surface area (Å²) in [6.45, 7) is 5.67. The van der Waals surface area contributed by atoms with Crippen LogP contribution in [0.15, 0.2) is 18.3 Å². The van der Waals surface area contributed by atoms with Gasteiger partial charge in [0.25, 0.3) is 0 Å². The van der Waals surface area contributed by atoms with Crippen molar-refractivity contribution in [3.8, 4) is 0 Å². The fourth-order valence-corrected chi connectivity index (χ4v) is 2.64. The molecule has 1 fully saturated rings. The lowest BCUT2D eigenvalue weighted by Gasteiger charge is -2.37. The van der Waals surface area contributed by atoms with E-state index in [1.165, 1.54) is 6.20 Å². The molecule has 2 heterocycles. The van der Waals surface area contributed by atoms with Gasteiger partial charge in [0.2, 0.25) is 0 Å². The lowest BCUT2D eigenvalue weighted by atomic mass is 10.0. The molecule has 1 unspecified atom stereocenters. The number of alkyl halides is 3. The first-order valence-corrected chi connectivity index (χ1v) is 7.41. The highest BCUT2D eigenvalue weighted by Gasteiger charge is 2.32. The van der Waals surface area contributed by atoms with Gasteiger partial charge in [0.15, 0.2) is 0 Å². The summed E-state index contributed by atoms with van der Waals surface area (Å²) in [5, 5.41) is 3.37. The predicted molar refractivity (Wildman–Crippen MR) is 77.4 cm³/mol. The summed E-state index contributed by atoms with van der Waals surface area (Å²) in [5.74, 6) is 0.431. The highest BCUT2D eigenvalue weighted by molar-refractivity contribution is 5.43. The van der Waals surface area contributed by atoms with Gasteiger partial charge in [-0.1, -0.05) is 13.8 Å². The van der Waals surface area contributed by atoms with E-state index in [1.54, 1.807) is 0 Å². The van der Waals surface area contributed by atoms with Crippen LogP contribution in [-0.2, 0) is 6.18 Å². The van der Waals surface area contributed by atoms with Crippen LogP contribution in [0, 0.1) is 0 Å². The fraction of sp³-hybridized carbons (Fsp3) is 0.667. The van der Waals surface area contributed by atoms with Crippen molar-refractivity contribution in [2.24, 2.45) is 0 Å². The quantitative estimate of drug-likeness (QED) is 0.923. The van der Waals surface area contributed by atoms with Crippen molar-refractivity contribution in [1.82, 2.24) is 10.3 Å². The van der Waals surface area contributed by atoms with Gasteiger partial charge in [0, 0.05) is 31.4 Å². The fourth-order valence-electron chi connectivity index (χ4n) is 2.64. The molecule has 0 saturated carbocycles. The van der Waals surface area contributed by atoms with E-state index in [-0.39, 0.29) is 6.04 Å². The molecular formula is C15H22F3N3. The molecule has 0 spiro atoms. The van der Waals surface area contributed by atoms with E-state index in [4.69, 9.17) is 0 Å². The molecule has 0 radical (unpaired) electrons. The molecule has 0 aromatic carbocycles. The normalized spacial score (nSPS) is 20.1. The number of hydrogen-bond acceptors (Lipinski definition) is 3. The highest BCUT2D eigenvalue weighted by Crippen LogP contribution is 2.32. The Balaban J connectivity index is 2.17. The molecular weight excluding hydrogens is 279 g/mol. The maximum atomic E-state index is 12.8. The van der Waals surface area contributed by atoms with Crippen LogP contribution in [0.5, 0.6) is 0 Å². The average Bonchev–Trinajstić information content (AvgIpc) is 2.44. The number of halogens is 3. The lowest BCUT2D eigenvalue weighted by molar-refractivity contribution is -0.137. The van der Waals surface area contributed by atoms with Crippen molar-refractivity contribution in [1.29, 1.82) is 0 Å². The van der Waals surface area contributed by atoms with Crippen LogP contribution in [-0.4, -0.2) is 30.2 Å². The van der Waals surface area contributed by atoms with E-state index in [9.17, 15) is 13.2 Å². The SMILES string of the molecule is CC(C)NCC1CCCCN1c1cc(C(F)(F)F)ccn1. The molecule has 2 rings (SSSR count). The van der Waals surface area contributed by atoms with Gasteiger partial charge in [-0.2, -0.15) is 13.2 Å². The van der Waals surface area contributed by atoms with E-state index >= 15 is 0 Å². The highest BCUT2D eigenvalue weighted by atomic mass is 19.4. The van der Waals surface area contributed by atoms with Crippen molar-refractivity contribution >= 4 is 5.82 Å². The zero-order valence-corrected chi connectivity index (χ0v) is 12.5. The largest absolute Gasteiger partial charge is 0.416 e. The number of rotatable bonds is 4. The number of nitrogens with zero attached hydrogens (tertiary/aromatic N) is 2. The van der Waals surface area contributed by atoms with Crippen LogP contribution >= 0.6 is 0 Å². The summed E-state index contributed by atoms with van der Waals surface area (Å²) in [4.78, 5) is 6.16. The van der Waals surface area contributed by atoms with Crippen molar-refractivity contribution in [2.45, 2.75) is 51.4 Å². The minimum Gasteiger partial charge on any atom is -0.352 e. The standard InChI is InChI=1S/C15H22F3N3/c1-11(2)20-10-13-5-3-4-8-21(13)14-9-12(6-7-19-14)15(16,17)18/h6-7,9,11,13,20H,3-5,8,10H2,1-2H3. The maximum Gasteiger partial charge on any atom is 0.416 e. The van der Waals surface area contributed by atoms with Gasteiger partial charge in [-0.05, 0) is 31.4 Å². The molecule has 6 heteroatoms. The third-order valence-electron chi connectivity index (χ3n) is 3.76. The Labute approximate surface area is 123 Å². The Bertz CT molecular complexity index is 460. The van der Waals surface area contributed by atoms with E-state index in [0.717, 1.165) is 44.5 Å². The molecule has 118 valence electrons. The van der Waals surface area contributed by atoms with Crippen LogP contribution in [0.25, 0.3) is 0 Å². The second-order valence-electron chi connectivity index (χ2n) is 5.81. The van der Waals surface area contributed by atoms with E-state index in [1.807, 2.05) is 4.90 Å². The number of hydrogen-bond donors (Lipinski definition) is 1. The van der Waals surface area contributed by atoms with Gasteiger partial charge < -0.3 is 10.2 Å². The van der Waals surface area contributed by atoms with Gasteiger partial charge in [0.05, 0.1) is 5.56 Å².